The van der Waals surface area contributed by atoms with E-state index in [1.54, 1.807) is 24.3 Å². The van der Waals surface area contributed by atoms with Crippen molar-refractivity contribution in [3.05, 3.63) is 58.6 Å². The third-order valence-electron chi connectivity index (χ3n) is 2.57. The minimum Gasteiger partial charge on any atom is -0.326 e. The summed E-state index contributed by atoms with van der Waals surface area (Å²) in [5.74, 6) is -0.334. The lowest BCUT2D eigenvalue weighted by molar-refractivity contribution is -0.114. The third kappa shape index (κ3) is 3.93. The quantitative estimate of drug-likeness (QED) is 0.901. The molecule has 0 spiro atoms. The summed E-state index contributed by atoms with van der Waals surface area (Å²) in [4.78, 5) is 22.9. The van der Waals surface area contributed by atoms with Gasteiger partial charge in [0.1, 0.15) is 0 Å². The first kappa shape index (κ1) is 14.3. The molecule has 4 nitrogen and oxygen atoms in total. The summed E-state index contributed by atoms with van der Waals surface area (Å²) in [6.07, 6.45) is 0. The molecule has 0 aromatic heterocycles. The fourth-order valence-electron chi connectivity index (χ4n) is 1.64. The minimum absolute atomic E-state index is 0.142. The Bertz CT molecular complexity index is 621. The van der Waals surface area contributed by atoms with E-state index in [1.807, 2.05) is 24.3 Å². The number of hydrogen-bond acceptors (Lipinski definition) is 2. The Balaban J connectivity index is 2.05. The van der Waals surface area contributed by atoms with E-state index in [0.29, 0.717) is 11.3 Å². The number of rotatable bonds is 3. The predicted molar refractivity (Wildman–Crippen MR) is 82.8 cm³/mol. The molecule has 0 heterocycles. The molecule has 5 heteroatoms. The van der Waals surface area contributed by atoms with Crippen molar-refractivity contribution in [3.8, 4) is 0 Å². The van der Waals surface area contributed by atoms with E-state index < -0.39 is 0 Å². The van der Waals surface area contributed by atoms with Crippen LogP contribution in [0.25, 0.3) is 0 Å². The van der Waals surface area contributed by atoms with Gasteiger partial charge in [-0.1, -0.05) is 15.9 Å². The van der Waals surface area contributed by atoms with Crippen LogP contribution in [0.4, 0.5) is 11.4 Å². The highest BCUT2D eigenvalue weighted by Crippen LogP contribution is 2.16. The van der Waals surface area contributed by atoms with Crippen molar-refractivity contribution < 1.29 is 9.59 Å². The van der Waals surface area contributed by atoms with Crippen molar-refractivity contribution in [1.29, 1.82) is 0 Å². The maximum Gasteiger partial charge on any atom is 0.255 e. The van der Waals surface area contributed by atoms with Gasteiger partial charge in [0.15, 0.2) is 0 Å². The van der Waals surface area contributed by atoms with E-state index in [4.69, 9.17) is 0 Å². The Labute approximate surface area is 125 Å². The fraction of sp³-hybridized carbons (Fsp3) is 0.0667. The third-order valence-corrected chi connectivity index (χ3v) is 3.10. The monoisotopic (exact) mass is 332 g/mol. The summed E-state index contributed by atoms with van der Waals surface area (Å²) in [7, 11) is 0. The van der Waals surface area contributed by atoms with Gasteiger partial charge in [-0.05, 0) is 48.5 Å². The molecule has 0 radical (unpaired) electrons. The van der Waals surface area contributed by atoms with Gasteiger partial charge in [-0.25, -0.2) is 0 Å². The first-order chi connectivity index (χ1) is 9.54. The Hall–Kier alpha value is -2.14. The highest BCUT2D eigenvalue weighted by atomic mass is 79.9. The van der Waals surface area contributed by atoms with E-state index in [1.165, 1.54) is 6.92 Å². The van der Waals surface area contributed by atoms with Crippen LogP contribution in [0.5, 0.6) is 0 Å². The van der Waals surface area contributed by atoms with Crippen molar-refractivity contribution in [3.63, 3.8) is 0 Å². The zero-order valence-corrected chi connectivity index (χ0v) is 12.4. The normalized spacial score (nSPS) is 9.90. The fourth-order valence-corrected chi connectivity index (χ4v) is 1.91. The Kier molecular flexibility index (Phi) is 4.53. The van der Waals surface area contributed by atoms with Crippen LogP contribution in [-0.2, 0) is 4.79 Å². The average Bonchev–Trinajstić information content (AvgIpc) is 2.41. The van der Waals surface area contributed by atoms with E-state index in [-0.39, 0.29) is 11.8 Å². The molecule has 0 aliphatic rings. The van der Waals surface area contributed by atoms with Crippen LogP contribution in [0, 0.1) is 0 Å². The first-order valence-corrected chi connectivity index (χ1v) is 6.78. The summed E-state index contributed by atoms with van der Waals surface area (Å²) in [5.41, 5.74) is 1.92. The number of amides is 2. The predicted octanol–water partition coefficient (Wildman–Crippen LogP) is 3.66. The van der Waals surface area contributed by atoms with Crippen molar-refractivity contribution in [2.24, 2.45) is 0 Å². The second kappa shape index (κ2) is 6.34. The van der Waals surface area contributed by atoms with Crippen LogP contribution in [0.3, 0.4) is 0 Å². The SMILES string of the molecule is CC(=O)Nc1ccc(C(=O)Nc2ccc(Br)cc2)cc1. The molecule has 2 aromatic rings. The summed E-state index contributed by atoms with van der Waals surface area (Å²) >= 11 is 3.34. The van der Waals surface area contributed by atoms with Crippen LogP contribution in [0.1, 0.15) is 17.3 Å². The molecular weight excluding hydrogens is 320 g/mol. The number of carbonyl (C=O) groups is 2. The minimum atomic E-state index is -0.193. The van der Waals surface area contributed by atoms with Crippen LogP contribution in [0.2, 0.25) is 0 Å². The Morgan fingerprint density at radius 3 is 1.90 bits per heavy atom. The summed E-state index contributed by atoms with van der Waals surface area (Å²) in [6.45, 7) is 1.44. The second-order valence-corrected chi connectivity index (χ2v) is 5.14. The highest BCUT2D eigenvalue weighted by molar-refractivity contribution is 9.10. The van der Waals surface area contributed by atoms with Crippen LogP contribution in [-0.4, -0.2) is 11.8 Å². The summed E-state index contributed by atoms with van der Waals surface area (Å²) < 4.78 is 0.954. The molecule has 102 valence electrons. The molecule has 0 saturated heterocycles. The number of benzene rings is 2. The molecule has 0 atom stereocenters. The lowest BCUT2D eigenvalue weighted by atomic mass is 10.2. The van der Waals surface area contributed by atoms with E-state index >= 15 is 0 Å². The molecule has 0 aliphatic heterocycles. The van der Waals surface area contributed by atoms with Gasteiger partial charge in [-0.3, -0.25) is 9.59 Å². The van der Waals surface area contributed by atoms with Gasteiger partial charge in [-0.2, -0.15) is 0 Å². The molecule has 0 unspecified atom stereocenters. The summed E-state index contributed by atoms with van der Waals surface area (Å²) in [5, 5.41) is 5.45. The number of halogens is 1. The van der Waals surface area contributed by atoms with E-state index in [0.717, 1.165) is 10.2 Å². The zero-order chi connectivity index (χ0) is 14.5. The smallest absolute Gasteiger partial charge is 0.255 e. The lowest BCUT2D eigenvalue weighted by Gasteiger charge is -2.06. The maximum atomic E-state index is 12.0. The van der Waals surface area contributed by atoms with Gasteiger partial charge in [0, 0.05) is 28.3 Å². The van der Waals surface area contributed by atoms with Gasteiger partial charge >= 0.3 is 0 Å². The molecule has 0 bridgehead atoms. The molecule has 20 heavy (non-hydrogen) atoms. The van der Waals surface area contributed by atoms with E-state index in [2.05, 4.69) is 26.6 Å². The van der Waals surface area contributed by atoms with Gasteiger partial charge in [0.05, 0.1) is 0 Å². The van der Waals surface area contributed by atoms with Crippen molar-refractivity contribution in [2.75, 3.05) is 10.6 Å². The van der Waals surface area contributed by atoms with Crippen molar-refractivity contribution in [1.82, 2.24) is 0 Å². The standard InChI is InChI=1S/C15H13BrN2O2/c1-10(19)17-13-6-2-11(3-7-13)15(20)18-14-8-4-12(16)5-9-14/h2-9H,1H3,(H,17,19)(H,18,20). The topological polar surface area (TPSA) is 58.2 Å². The lowest BCUT2D eigenvalue weighted by Crippen LogP contribution is -2.12. The van der Waals surface area contributed by atoms with Crippen LogP contribution < -0.4 is 10.6 Å². The molecular formula is C15H13BrN2O2. The molecule has 0 fully saturated rings. The molecule has 2 amide bonds. The largest absolute Gasteiger partial charge is 0.326 e. The highest BCUT2D eigenvalue weighted by Gasteiger charge is 2.06. The number of nitrogens with one attached hydrogen (secondary N) is 2. The van der Waals surface area contributed by atoms with E-state index in [9.17, 15) is 9.59 Å². The molecule has 0 aliphatic carbocycles. The first-order valence-electron chi connectivity index (χ1n) is 5.99. The van der Waals surface area contributed by atoms with Gasteiger partial charge < -0.3 is 10.6 Å². The van der Waals surface area contributed by atoms with Gasteiger partial charge in [0.25, 0.3) is 5.91 Å². The average molecular weight is 333 g/mol. The maximum absolute atomic E-state index is 12.0. The second-order valence-electron chi connectivity index (χ2n) is 4.22. The molecule has 0 saturated carbocycles. The summed E-state index contributed by atoms with van der Waals surface area (Å²) in [6, 6.07) is 14.1. The molecule has 2 N–H and O–H groups in total. The van der Waals surface area contributed by atoms with Crippen molar-refractivity contribution >= 4 is 39.1 Å². The van der Waals surface area contributed by atoms with Crippen molar-refractivity contribution in [2.45, 2.75) is 6.92 Å². The number of hydrogen-bond donors (Lipinski definition) is 2. The van der Waals surface area contributed by atoms with Gasteiger partial charge in [-0.15, -0.1) is 0 Å². The molecule has 2 rings (SSSR count). The van der Waals surface area contributed by atoms with Crippen LogP contribution in [0.15, 0.2) is 53.0 Å². The Morgan fingerprint density at radius 2 is 1.35 bits per heavy atom. The number of anilines is 2. The number of carbonyl (C=O) groups excluding carboxylic acids is 2. The zero-order valence-electron chi connectivity index (χ0n) is 10.8. The van der Waals surface area contributed by atoms with Gasteiger partial charge in [0.2, 0.25) is 5.91 Å². The Morgan fingerprint density at radius 1 is 0.850 bits per heavy atom. The molecule has 2 aromatic carbocycles. The van der Waals surface area contributed by atoms with Crippen LogP contribution >= 0.6 is 15.9 Å².